The third kappa shape index (κ3) is 5.73. The van der Waals surface area contributed by atoms with Crippen LogP contribution in [-0.2, 0) is 0 Å². The van der Waals surface area contributed by atoms with E-state index < -0.39 is 0 Å². The van der Waals surface area contributed by atoms with Crippen LogP contribution in [-0.4, -0.2) is 61.2 Å². The van der Waals surface area contributed by atoms with E-state index >= 15 is 0 Å². The van der Waals surface area contributed by atoms with Crippen LogP contribution in [0.3, 0.4) is 0 Å². The highest BCUT2D eigenvalue weighted by atomic mass is 16.5. The number of likely N-dealkylation sites (tertiary alicyclic amines) is 1. The summed E-state index contributed by atoms with van der Waals surface area (Å²) in [6.07, 6.45) is 3.51. The highest BCUT2D eigenvalue weighted by Crippen LogP contribution is 2.33. The number of hydrogen-bond donors (Lipinski definition) is 1. The van der Waals surface area contributed by atoms with E-state index in [-0.39, 0.29) is 5.91 Å². The van der Waals surface area contributed by atoms with Gasteiger partial charge < -0.3 is 19.7 Å². The second-order valence-electron chi connectivity index (χ2n) is 9.24. The Labute approximate surface area is 217 Å². The van der Waals surface area contributed by atoms with E-state index in [0.29, 0.717) is 17.6 Å². The summed E-state index contributed by atoms with van der Waals surface area (Å²) < 4.78 is 10.7. The summed E-state index contributed by atoms with van der Waals surface area (Å²) in [7, 11) is 3.29. The molecule has 2 heterocycles. The lowest BCUT2D eigenvalue weighted by atomic mass is 10.0. The monoisotopic (exact) mass is 496 g/mol. The van der Waals surface area contributed by atoms with Gasteiger partial charge in [0.25, 0.3) is 5.91 Å². The fourth-order valence-electron chi connectivity index (χ4n) is 4.71. The van der Waals surface area contributed by atoms with Crippen molar-refractivity contribution in [3.05, 3.63) is 72.3 Å². The molecule has 1 aromatic heterocycles. The lowest BCUT2D eigenvalue weighted by Crippen LogP contribution is -2.28. The zero-order valence-electron chi connectivity index (χ0n) is 21.4. The fourth-order valence-corrected chi connectivity index (χ4v) is 4.71. The molecule has 5 rings (SSSR count). The normalized spacial score (nSPS) is 13.6. The van der Waals surface area contributed by atoms with E-state index in [1.807, 2.05) is 66.7 Å². The Morgan fingerprint density at radius 1 is 0.811 bits per heavy atom. The predicted octanol–water partition coefficient (Wildman–Crippen LogP) is 5.20. The first kappa shape index (κ1) is 24.7. The van der Waals surface area contributed by atoms with Crippen LogP contribution in [0.2, 0.25) is 0 Å². The van der Waals surface area contributed by atoms with Crippen LogP contribution >= 0.6 is 0 Å². The van der Waals surface area contributed by atoms with Crippen molar-refractivity contribution in [2.75, 3.05) is 40.4 Å². The van der Waals surface area contributed by atoms with E-state index in [1.165, 1.54) is 25.9 Å². The number of ether oxygens (including phenoxy) is 2. The van der Waals surface area contributed by atoms with Gasteiger partial charge in [-0.1, -0.05) is 0 Å². The van der Waals surface area contributed by atoms with Gasteiger partial charge in [-0.15, -0.1) is 0 Å². The van der Waals surface area contributed by atoms with Gasteiger partial charge in [0.2, 0.25) is 0 Å². The summed E-state index contributed by atoms with van der Waals surface area (Å²) in [4.78, 5) is 25.3. The molecule has 0 bridgehead atoms. The van der Waals surface area contributed by atoms with Gasteiger partial charge in [-0.3, -0.25) is 4.79 Å². The van der Waals surface area contributed by atoms with Gasteiger partial charge in [0, 0.05) is 23.2 Å². The Morgan fingerprint density at radius 3 is 1.95 bits per heavy atom. The van der Waals surface area contributed by atoms with Gasteiger partial charge in [-0.05, 0) is 106 Å². The Kier molecular flexibility index (Phi) is 7.61. The minimum absolute atomic E-state index is 0.0876. The van der Waals surface area contributed by atoms with Crippen LogP contribution in [0.25, 0.3) is 33.5 Å². The summed E-state index contributed by atoms with van der Waals surface area (Å²) in [5, 5.41) is 3.06. The molecule has 1 aliphatic rings. The van der Waals surface area contributed by atoms with Crippen molar-refractivity contribution in [1.29, 1.82) is 0 Å². The molecule has 0 saturated carbocycles. The Morgan fingerprint density at radius 2 is 1.38 bits per heavy atom. The molecular weight excluding hydrogens is 464 g/mol. The second-order valence-corrected chi connectivity index (χ2v) is 9.24. The molecule has 0 aliphatic carbocycles. The van der Waals surface area contributed by atoms with Gasteiger partial charge in [-0.2, -0.15) is 0 Å². The average Bonchev–Trinajstić information content (AvgIpc) is 3.48. The van der Waals surface area contributed by atoms with Gasteiger partial charge in [-0.25, -0.2) is 9.97 Å². The maximum atomic E-state index is 12.9. The van der Waals surface area contributed by atoms with Crippen molar-refractivity contribution in [3.8, 4) is 34.0 Å². The van der Waals surface area contributed by atoms with Crippen LogP contribution in [0.4, 0.5) is 0 Å². The third-order valence-corrected chi connectivity index (χ3v) is 6.79. The van der Waals surface area contributed by atoms with Gasteiger partial charge in [0.05, 0.1) is 36.6 Å². The van der Waals surface area contributed by atoms with Crippen molar-refractivity contribution in [1.82, 2.24) is 20.2 Å². The standard InChI is InChI=1S/C30H32N4O3/c1-36-24-11-6-21(7-12-24)28-29(22-8-13-25(37-2)14-9-22)33-27-20-23(10-15-26(27)32-28)30(35)31-16-5-19-34-17-3-4-18-34/h6-15,20H,3-5,16-19H2,1-2H3,(H,31,35). The van der Waals surface area contributed by atoms with Crippen molar-refractivity contribution in [2.24, 2.45) is 0 Å². The number of aromatic nitrogens is 2. The van der Waals surface area contributed by atoms with Crippen LogP contribution in [0.15, 0.2) is 66.7 Å². The minimum atomic E-state index is -0.0876. The first-order valence-electron chi connectivity index (χ1n) is 12.8. The Balaban J connectivity index is 1.44. The molecule has 7 nitrogen and oxygen atoms in total. The minimum Gasteiger partial charge on any atom is -0.497 e. The van der Waals surface area contributed by atoms with Crippen LogP contribution in [0, 0.1) is 0 Å². The topological polar surface area (TPSA) is 76.6 Å². The number of methoxy groups -OCH3 is 2. The molecule has 7 heteroatoms. The smallest absolute Gasteiger partial charge is 0.251 e. The summed E-state index contributed by atoms with van der Waals surface area (Å²) in [6, 6.07) is 21.0. The molecule has 0 unspecified atom stereocenters. The first-order valence-corrected chi connectivity index (χ1v) is 12.8. The Bertz CT molecular complexity index is 1360. The number of benzene rings is 3. The SMILES string of the molecule is COc1ccc(-c2nc3ccc(C(=O)NCCCN4CCCC4)cc3nc2-c2ccc(OC)cc2)cc1. The van der Waals surface area contributed by atoms with Gasteiger partial charge in [0.1, 0.15) is 11.5 Å². The highest BCUT2D eigenvalue weighted by molar-refractivity contribution is 5.98. The largest absolute Gasteiger partial charge is 0.497 e. The zero-order chi connectivity index (χ0) is 25.6. The molecule has 1 N–H and O–H groups in total. The lowest BCUT2D eigenvalue weighted by Gasteiger charge is -2.14. The molecular formula is C30H32N4O3. The van der Waals surface area contributed by atoms with E-state index in [1.54, 1.807) is 14.2 Å². The van der Waals surface area contributed by atoms with Crippen molar-refractivity contribution < 1.29 is 14.3 Å². The summed E-state index contributed by atoms with van der Waals surface area (Å²) in [5.74, 6) is 1.46. The number of carbonyl (C=O) groups excluding carboxylic acids is 1. The second kappa shape index (κ2) is 11.4. The maximum absolute atomic E-state index is 12.9. The molecule has 37 heavy (non-hydrogen) atoms. The maximum Gasteiger partial charge on any atom is 0.251 e. The van der Waals surface area contributed by atoms with Gasteiger partial charge >= 0.3 is 0 Å². The number of carbonyl (C=O) groups is 1. The number of amides is 1. The van der Waals surface area contributed by atoms with E-state index in [9.17, 15) is 4.79 Å². The van der Waals surface area contributed by atoms with E-state index in [2.05, 4.69) is 10.2 Å². The zero-order valence-corrected chi connectivity index (χ0v) is 21.4. The number of fused-ring (bicyclic) bond motifs is 1. The quantitative estimate of drug-likeness (QED) is 0.321. The summed E-state index contributed by atoms with van der Waals surface area (Å²) in [6.45, 7) is 4.04. The molecule has 1 saturated heterocycles. The molecule has 0 spiro atoms. The van der Waals surface area contributed by atoms with Gasteiger partial charge in [0.15, 0.2) is 0 Å². The lowest BCUT2D eigenvalue weighted by molar-refractivity contribution is 0.0952. The molecule has 4 aromatic rings. The number of nitrogens with one attached hydrogen (secondary N) is 1. The number of nitrogens with zero attached hydrogens (tertiary/aromatic N) is 3. The highest BCUT2D eigenvalue weighted by Gasteiger charge is 2.16. The number of hydrogen-bond acceptors (Lipinski definition) is 6. The molecule has 1 aliphatic heterocycles. The van der Waals surface area contributed by atoms with Crippen LogP contribution < -0.4 is 14.8 Å². The Hall–Kier alpha value is -3.97. The molecule has 1 fully saturated rings. The van der Waals surface area contributed by atoms with Crippen LogP contribution in [0.1, 0.15) is 29.6 Å². The summed E-state index contributed by atoms with van der Waals surface area (Å²) in [5.41, 5.74) is 5.34. The van der Waals surface area contributed by atoms with Crippen molar-refractivity contribution in [3.63, 3.8) is 0 Å². The van der Waals surface area contributed by atoms with E-state index in [0.717, 1.165) is 52.5 Å². The third-order valence-electron chi connectivity index (χ3n) is 6.79. The molecule has 3 aromatic carbocycles. The number of rotatable bonds is 9. The van der Waals surface area contributed by atoms with Crippen molar-refractivity contribution in [2.45, 2.75) is 19.3 Å². The molecule has 0 radical (unpaired) electrons. The summed E-state index contributed by atoms with van der Waals surface area (Å²) >= 11 is 0. The molecule has 1 amide bonds. The predicted molar refractivity (Wildman–Crippen MR) is 146 cm³/mol. The van der Waals surface area contributed by atoms with Crippen LogP contribution in [0.5, 0.6) is 11.5 Å². The van der Waals surface area contributed by atoms with Crippen molar-refractivity contribution >= 4 is 16.9 Å². The first-order chi connectivity index (χ1) is 18.1. The fraction of sp³-hybridized carbons (Fsp3) is 0.300. The molecule has 190 valence electrons. The molecule has 0 atom stereocenters. The average molecular weight is 497 g/mol. The van der Waals surface area contributed by atoms with E-state index in [4.69, 9.17) is 19.4 Å².